The molecule has 1 saturated carbocycles. The molecule has 0 aliphatic heterocycles. The smallest absolute Gasteiger partial charge is 0.353 e. The number of halogens is 3. The Morgan fingerprint density at radius 3 is 2.52 bits per heavy atom. The number of aromatic amines is 1. The lowest BCUT2D eigenvalue weighted by Crippen LogP contribution is -2.39. The number of anilines is 1. The summed E-state index contributed by atoms with van der Waals surface area (Å²) in [7, 11) is 0. The van der Waals surface area contributed by atoms with Crippen molar-refractivity contribution in [1.29, 1.82) is 0 Å². The molecule has 0 radical (unpaired) electrons. The van der Waals surface area contributed by atoms with Crippen LogP contribution in [0.15, 0.2) is 27.8 Å². The SMILES string of the molecule is C[C@H](Nc1nc(=O)n(-c2cccc(C(F)(F)F)n2)c(=O)[nH]1)C1CCCCC1. The highest BCUT2D eigenvalue weighted by Gasteiger charge is 2.32. The van der Waals surface area contributed by atoms with Crippen LogP contribution in [0.4, 0.5) is 19.1 Å². The summed E-state index contributed by atoms with van der Waals surface area (Å²) in [6.07, 6.45) is 0.926. The molecule has 0 spiro atoms. The van der Waals surface area contributed by atoms with E-state index in [0.29, 0.717) is 10.5 Å². The van der Waals surface area contributed by atoms with Crippen LogP contribution in [-0.4, -0.2) is 25.6 Å². The molecule has 2 N–H and O–H groups in total. The molecule has 1 fully saturated rings. The Hall–Kier alpha value is -2.65. The van der Waals surface area contributed by atoms with Crippen LogP contribution in [0, 0.1) is 5.92 Å². The molecule has 146 valence electrons. The molecule has 2 heterocycles. The summed E-state index contributed by atoms with van der Waals surface area (Å²) in [6.45, 7) is 1.95. The molecule has 1 aliphatic rings. The Bertz CT molecular complexity index is 885. The number of aromatic nitrogens is 4. The number of H-pyrrole nitrogens is 1. The van der Waals surface area contributed by atoms with Crippen molar-refractivity contribution in [1.82, 2.24) is 19.5 Å². The highest BCUT2D eigenvalue weighted by molar-refractivity contribution is 5.28. The van der Waals surface area contributed by atoms with E-state index in [1.807, 2.05) is 6.92 Å². The van der Waals surface area contributed by atoms with Crippen molar-refractivity contribution in [3.05, 3.63) is 44.9 Å². The second-order valence-corrected chi connectivity index (χ2v) is 6.72. The minimum atomic E-state index is -4.68. The standard InChI is InChI=1S/C17H20F3N5O2/c1-10(11-6-3-2-4-7-11)21-14-23-15(26)25(16(27)24-14)13-9-5-8-12(22-13)17(18,19)20/h5,8-11H,2-4,6-7H2,1H3,(H2,21,23,24,26,27)/t10-/m0/s1. The van der Waals surface area contributed by atoms with Crippen molar-refractivity contribution in [3.63, 3.8) is 0 Å². The number of nitrogens with zero attached hydrogens (tertiary/aromatic N) is 3. The third-order valence-electron chi connectivity index (χ3n) is 4.80. The first kappa shape index (κ1) is 19.1. The van der Waals surface area contributed by atoms with E-state index in [0.717, 1.165) is 43.9 Å². The monoisotopic (exact) mass is 383 g/mol. The lowest BCUT2D eigenvalue weighted by atomic mass is 9.85. The molecule has 0 aromatic carbocycles. The molecule has 0 amide bonds. The quantitative estimate of drug-likeness (QED) is 0.847. The van der Waals surface area contributed by atoms with Crippen LogP contribution in [0.5, 0.6) is 0 Å². The fraction of sp³-hybridized carbons (Fsp3) is 0.529. The molecule has 0 bridgehead atoms. The van der Waals surface area contributed by atoms with Gasteiger partial charge in [-0.25, -0.2) is 14.6 Å². The van der Waals surface area contributed by atoms with Crippen LogP contribution in [0.2, 0.25) is 0 Å². The summed E-state index contributed by atoms with van der Waals surface area (Å²) < 4.78 is 38.9. The summed E-state index contributed by atoms with van der Waals surface area (Å²) in [5.74, 6) is -0.0154. The maximum atomic E-state index is 12.8. The van der Waals surface area contributed by atoms with Crippen molar-refractivity contribution in [3.8, 4) is 5.82 Å². The highest BCUT2D eigenvalue weighted by atomic mass is 19.4. The molecule has 0 unspecified atom stereocenters. The van der Waals surface area contributed by atoms with Gasteiger partial charge in [-0.2, -0.15) is 22.7 Å². The number of alkyl halides is 3. The summed E-state index contributed by atoms with van der Waals surface area (Å²) in [5.41, 5.74) is -3.09. The Labute approximate surface area is 152 Å². The minimum absolute atomic E-state index is 0.00583. The lowest BCUT2D eigenvalue weighted by molar-refractivity contribution is -0.141. The Morgan fingerprint density at radius 1 is 1.19 bits per heavy atom. The van der Waals surface area contributed by atoms with E-state index in [-0.39, 0.29) is 12.0 Å². The Balaban J connectivity index is 1.87. The van der Waals surface area contributed by atoms with Gasteiger partial charge in [-0.1, -0.05) is 25.3 Å². The van der Waals surface area contributed by atoms with Crippen molar-refractivity contribution < 1.29 is 13.2 Å². The number of hydrogen-bond acceptors (Lipinski definition) is 5. The van der Waals surface area contributed by atoms with Gasteiger partial charge in [-0.15, -0.1) is 0 Å². The van der Waals surface area contributed by atoms with Gasteiger partial charge in [0.2, 0.25) is 5.95 Å². The van der Waals surface area contributed by atoms with Crippen LogP contribution in [0.25, 0.3) is 5.82 Å². The van der Waals surface area contributed by atoms with Crippen LogP contribution in [0.3, 0.4) is 0 Å². The fourth-order valence-corrected chi connectivity index (χ4v) is 3.36. The Kier molecular flexibility index (Phi) is 5.33. The summed E-state index contributed by atoms with van der Waals surface area (Å²) in [5, 5.41) is 3.03. The molecular formula is C17H20F3N5O2. The van der Waals surface area contributed by atoms with Crippen molar-refractivity contribution in [2.45, 2.75) is 51.2 Å². The molecule has 0 saturated heterocycles. The first-order valence-corrected chi connectivity index (χ1v) is 8.80. The van der Waals surface area contributed by atoms with E-state index < -0.39 is 29.1 Å². The zero-order valence-corrected chi connectivity index (χ0v) is 14.7. The number of nitrogens with one attached hydrogen (secondary N) is 2. The second-order valence-electron chi connectivity index (χ2n) is 6.72. The number of rotatable bonds is 4. The first-order valence-electron chi connectivity index (χ1n) is 8.80. The number of hydrogen-bond donors (Lipinski definition) is 2. The average Bonchev–Trinajstić information content (AvgIpc) is 2.61. The summed E-state index contributed by atoms with van der Waals surface area (Å²) >= 11 is 0. The van der Waals surface area contributed by atoms with E-state index >= 15 is 0 Å². The van der Waals surface area contributed by atoms with Gasteiger partial charge in [0.15, 0.2) is 0 Å². The lowest BCUT2D eigenvalue weighted by Gasteiger charge is -2.28. The van der Waals surface area contributed by atoms with Crippen molar-refractivity contribution in [2.24, 2.45) is 5.92 Å². The van der Waals surface area contributed by atoms with E-state index in [1.165, 1.54) is 6.42 Å². The van der Waals surface area contributed by atoms with Gasteiger partial charge in [0, 0.05) is 6.04 Å². The third kappa shape index (κ3) is 4.37. The molecule has 3 rings (SSSR count). The second kappa shape index (κ2) is 7.53. The molecule has 10 heteroatoms. The van der Waals surface area contributed by atoms with Gasteiger partial charge in [0.05, 0.1) is 0 Å². The predicted octanol–water partition coefficient (Wildman–Crippen LogP) is 2.72. The topological polar surface area (TPSA) is 92.7 Å². The molecule has 1 aliphatic carbocycles. The van der Waals surface area contributed by atoms with E-state index in [2.05, 4.69) is 20.3 Å². The minimum Gasteiger partial charge on any atom is -0.353 e. The van der Waals surface area contributed by atoms with Crippen LogP contribution in [-0.2, 0) is 6.18 Å². The van der Waals surface area contributed by atoms with Gasteiger partial charge < -0.3 is 5.32 Å². The van der Waals surface area contributed by atoms with E-state index in [9.17, 15) is 22.8 Å². The summed E-state index contributed by atoms with van der Waals surface area (Å²) in [6, 6.07) is 2.99. The predicted molar refractivity (Wildman–Crippen MR) is 92.9 cm³/mol. The molecular weight excluding hydrogens is 363 g/mol. The van der Waals surface area contributed by atoms with Gasteiger partial charge in [-0.3, -0.25) is 4.98 Å². The summed E-state index contributed by atoms with van der Waals surface area (Å²) in [4.78, 5) is 34.1. The van der Waals surface area contributed by atoms with Crippen LogP contribution < -0.4 is 16.7 Å². The zero-order valence-electron chi connectivity index (χ0n) is 14.7. The molecule has 27 heavy (non-hydrogen) atoms. The van der Waals surface area contributed by atoms with Crippen LogP contribution in [0.1, 0.15) is 44.7 Å². The maximum absolute atomic E-state index is 12.8. The first-order chi connectivity index (χ1) is 12.8. The molecule has 7 nitrogen and oxygen atoms in total. The van der Waals surface area contributed by atoms with Gasteiger partial charge in [0.1, 0.15) is 11.5 Å². The fourth-order valence-electron chi connectivity index (χ4n) is 3.36. The normalized spacial score (nSPS) is 16.9. The maximum Gasteiger partial charge on any atom is 0.433 e. The largest absolute Gasteiger partial charge is 0.433 e. The molecule has 2 aromatic heterocycles. The molecule has 2 aromatic rings. The molecule has 1 atom stereocenters. The third-order valence-corrected chi connectivity index (χ3v) is 4.80. The van der Waals surface area contributed by atoms with Crippen molar-refractivity contribution in [2.75, 3.05) is 5.32 Å². The van der Waals surface area contributed by atoms with Crippen LogP contribution >= 0.6 is 0 Å². The van der Waals surface area contributed by atoms with Gasteiger partial charge in [-0.05, 0) is 37.8 Å². The number of pyridine rings is 1. The van der Waals surface area contributed by atoms with Crippen molar-refractivity contribution >= 4 is 5.95 Å². The average molecular weight is 383 g/mol. The van der Waals surface area contributed by atoms with Gasteiger partial charge in [0.25, 0.3) is 0 Å². The Morgan fingerprint density at radius 2 is 1.89 bits per heavy atom. The van der Waals surface area contributed by atoms with E-state index in [4.69, 9.17) is 0 Å². The zero-order chi connectivity index (χ0) is 19.6. The highest BCUT2D eigenvalue weighted by Crippen LogP contribution is 2.28. The van der Waals surface area contributed by atoms with Gasteiger partial charge >= 0.3 is 17.6 Å². The van der Waals surface area contributed by atoms with E-state index in [1.54, 1.807) is 0 Å².